The van der Waals surface area contributed by atoms with Crippen molar-refractivity contribution >= 4 is 17.5 Å². The zero-order chi connectivity index (χ0) is 19.0. The SMILES string of the molecule is Cc1cc(C(=O)N(Cc2c(F)cccc2Cl)C2CC2)nn1-c1ccccc1. The summed E-state index contributed by atoms with van der Waals surface area (Å²) in [4.78, 5) is 14.8. The number of halogens is 2. The molecule has 1 aromatic heterocycles. The van der Waals surface area contributed by atoms with E-state index in [0.29, 0.717) is 16.3 Å². The zero-order valence-electron chi connectivity index (χ0n) is 14.9. The number of benzene rings is 2. The lowest BCUT2D eigenvalue weighted by Crippen LogP contribution is -2.33. The van der Waals surface area contributed by atoms with Gasteiger partial charge in [-0.3, -0.25) is 4.79 Å². The standard InChI is InChI=1S/C21H19ClFN3O/c1-14-12-20(24-26(14)16-6-3-2-4-7-16)21(27)25(15-10-11-15)13-17-18(22)8-5-9-19(17)23/h2-9,12,15H,10-11,13H2,1H3. The highest BCUT2D eigenvalue weighted by Crippen LogP contribution is 2.32. The minimum absolute atomic E-state index is 0.107. The molecule has 0 unspecified atom stereocenters. The Morgan fingerprint density at radius 3 is 2.63 bits per heavy atom. The van der Waals surface area contributed by atoms with Crippen molar-refractivity contribution in [3.63, 3.8) is 0 Å². The molecule has 0 atom stereocenters. The van der Waals surface area contributed by atoms with Crippen molar-refractivity contribution in [2.24, 2.45) is 0 Å². The second kappa shape index (κ2) is 7.16. The Kier molecular flexibility index (Phi) is 4.70. The predicted octanol–water partition coefficient (Wildman–Crippen LogP) is 4.78. The zero-order valence-corrected chi connectivity index (χ0v) is 15.7. The van der Waals surface area contributed by atoms with Crippen molar-refractivity contribution in [1.82, 2.24) is 14.7 Å². The van der Waals surface area contributed by atoms with Gasteiger partial charge in [0.15, 0.2) is 5.69 Å². The molecule has 0 radical (unpaired) electrons. The topological polar surface area (TPSA) is 38.1 Å². The van der Waals surface area contributed by atoms with Crippen LogP contribution < -0.4 is 0 Å². The van der Waals surface area contributed by atoms with E-state index in [-0.39, 0.29) is 18.5 Å². The highest BCUT2D eigenvalue weighted by molar-refractivity contribution is 6.31. The predicted molar refractivity (Wildman–Crippen MR) is 103 cm³/mol. The Labute approximate surface area is 162 Å². The van der Waals surface area contributed by atoms with E-state index in [9.17, 15) is 9.18 Å². The van der Waals surface area contributed by atoms with E-state index in [1.54, 1.807) is 27.8 Å². The molecule has 0 N–H and O–H groups in total. The summed E-state index contributed by atoms with van der Waals surface area (Å²) >= 11 is 6.16. The fourth-order valence-corrected chi connectivity index (χ4v) is 3.39. The van der Waals surface area contributed by atoms with Gasteiger partial charge in [0.1, 0.15) is 5.82 Å². The monoisotopic (exact) mass is 383 g/mol. The molecule has 0 spiro atoms. The normalized spacial score (nSPS) is 13.6. The first kappa shape index (κ1) is 17.7. The van der Waals surface area contributed by atoms with Crippen molar-refractivity contribution < 1.29 is 9.18 Å². The van der Waals surface area contributed by atoms with Crippen LogP contribution in [0.25, 0.3) is 5.69 Å². The first-order valence-electron chi connectivity index (χ1n) is 8.90. The lowest BCUT2D eigenvalue weighted by Gasteiger charge is -2.22. The molecule has 1 saturated carbocycles. The average molecular weight is 384 g/mol. The van der Waals surface area contributed by atoms with E-state index in [2.05, 4.69) is 5.10 Å². The third-order valence-corrected chi connectivity index (χ3v) is 5.10. The van der Waals surface area contributed by atoms with Crippen LogP contribution in [0.15, 0.2) is 54.6 Å². The van der Waals surface area contributed by atoms with Crippen molar-refractivity contribution in [3.8, 4) is 5.69 Å². The molecule has 1 aliphatic rings. The Morgan fingerprint density at radius 1 is 1.22 bits per heavy atom. The van der Waals surface area contributed by atoms with E-state index in [0.717, 1.165) is 24.2 Å². The molecule has 0 aliphatic heterocycles. The van der Waals surface area contributed by atoms with Crippen molar-refractivity contribution in [3.05, 3.63) is 82.4 Å². The van der Waals surface area contributed by atoms with Gasteiger partial charge in [0.25, 0.3) is 5.91 Å². The summed E-state index contributed by atoms with van der Waals surface area (Å²) in [5, 5.41) is 4.83. The molecule has 2 aromatic carbocycles. The summed E-state index contributed by atoms with van der Waals surface area (Å²) in [5.41, 5.74) is 2.46. The molecular weight excluding hydrogens is 365 g/mol. The summed E-state index contributed by atoms with van der Waals surface area (Å²) in [6.45, 7) is 2.05. The minimum atomic E-state index is -0.396. The molecule has 4 rings (SSSR count). The third kappa shape index (κ3) is 3.60. The number of hydrogen-bond acceptors (Lipinski definition) is 2. The molecule has 1 amide bonds. The van der Waals surface area contributed by atoms with Crippen molar-refractivity contribution in [2.75, 3.05) is 0 Å². The van der Waals surface area contributed by atoms with Gasteiger partial charge >= 0.3 is 0 Å². The maximum absolute atomic E-state index is 14.2. The molecule has 27 heavy (non-hydrogen) atoms. The Bertz CT molecular complexity index is 962. The highest BCUT2D eigenvalue weighted by Gasteiger charge is 2.35. The summed E-state index contributed by atoms with van der Waals surface area (Å²) in [7, 11) is 0. The summed E-state index contributed by atoms with van der Waals surface area (Å²) in [5.74, 6) is -0.596. The molecule has 1 aliphatic carbocycles. The van der Waals surface area contributed by atoms with Crippen LogP contribution >= 0.6 is 11.6 Å². The van der Waals surface area contributed by atoms with Crippen LogP contribution in [0, 0.1) is 12.7 Å². The summed E-state index contributed by atoms with van der Waals surface area (Å²) in [6.07, 6.45) is 1.83. The lowest BCUT2D eigenvalue weighted by molar-refractivity contribution is 0.0722. The van der Waals surface area contributed by atoms with Gasteiger partial charge in [0, 0.05) is 22.3 Å². The number of aryl methyl sites for hydroxylation is 1. The number of carbonyl (C=O) groups is 1. The number of amides is 1. The number of hydrogen-bond donors (Lipinski definition) is 0. The third-order valence-electron chi connectivity index (χ3n) is 4.75. The lowest BCUT2D eigenvalue weighted by atomic mass is 10.2. The van der Waals surface area contributed by atoms with Crippen molar-refractivity contribution in [1.29, 1.82) is 0 Å². The van der Waals surface area contributed by atoms with E-state index in [4.69, 9.17) is 11.6 Å². The highest BCUT2D eigenvalue weighted by atomic mass is 35.5. The molecule has 3 aromatic rings. The van der Waals surface area contributed by atoms with Crippen LogP contribution in [-0.2, 0) is 6.54 Å². The first-order valence-corrected chi connectivity index (χ1v) is 9.28. The van der Waals surface area contributed by atoms with E-state index < -0.39 is 5.82 Å². The maximum atomic E-state index is 14.2. The summed E-state index contributed by atoms with van der Waals surface area (Å²) < 4.78 is 16.0. The van der Waals surface area contributed by atoms with Gasteiger partial charge in [-0.25, -0.2) is 9.07 Å². The molecule has 0 saturated heterocycles. The Balaban J connectivity index is 1.64. The number of rotatable bonds is 5. The van der Waals surface area contributed by atoms with Gasteiger partial charge < -0.3 is 4.90 Å². The van der Waals surface area contributed by atoms with E-state index in [1.807, 2.05) is 37.3 Å². The molecule has 1 fully saturated rings. The van der Waals surface area contributed by atoms with Crippen molar-refractivity contribution in [2.45, 2.75) is 32.4 Å². The van der Waals surface area contributed by atoms with Gasteiger partial charge in [-0.1, -0.05) is 35.9 Å². The number of nitrogens with zero attached hydrogens (tertiary/aromatic N) is 3. The van der Waals surface area contributed by atoms with Gasteiger partial charge in [-0.15, -0.1) is 0 Å². The van der Waals surface area contributed by atoms with Crippen LogP contribution in [-0.4, -0.2) is 26.6 Å². The number of carbonyl (C=O) groups excluding carboxylic acids is 1. The number of aromatic nitrogens is 2. The second-order valence-electron chi connectivity index (χ2n) is 6.78. The van der Waals surface area contributed by atoms with Gasteiger partial charge in [-0.2, -0.15) is 5.10 Å². The fourth-order valence-electron chi connectivity index (χ4n) is 3.16. The second-order valence-corrected chi connectivity index (χ2v) is 7.19. The van der Waals surface area contributed by atoms with Gasteiger partial charge in [-0.05, 0) is 50.1 Å². The first-order chi connectivity index (χ1) is 13.0. The maximum Gasteiger partial charge on any atom is 0.274 e. The van der Waals surface area contributed by atoms with Crippen LogP contribution in [0.4, 0.5) is 4.39 Å². The quantitative estimate of drug-likeness (QED) is 0.636. The smallest absolute Gasteiger partial charge is 0.274 e. The van der Waals surface area contributed by atoms with Crippen LogP contribution in [0.2, 0.25) is 5.02 Å². The fraction of sp³-hybridized carbons (Fsp3) is 0.238. The molecule has 4 nitrogen and oxygen atoms in total. The number of para-hydroxylation sites is 1. The van der Waals surface area contributed by atoms with Gasteiger partial charge in [0.05, 0.1) is 12.2 Å². The van der Waals surface area contributed by atoms with Gasteiger partial charge in [0.2, 0.25) is 0 Å². The van der Waals surface area contributed by atoms with E-state index in [1.165, 1.54) is 6.07 Å². The molecule has 6 heteroatoms. The minimum Gasteiger partial charge on any atom is -0.330 e. The molecule has 0 bridgehead atoms. The molecule has 1 heterocycles. The van der Waals surface area contributed by atoms with Crippen LogP contribution in [0.1, 0.15) is 34.6 Å². The van der Waals surface area contributed by atoms with Crippen LogP contribution in [0.3, 0.4) is 0 Å². The molecular formula is C21H19ClFN3O. The largest absolute Gasteiger partial charge is 0.330 e. The Hall–Kier alpha value is -2.66. The van der Waals surface area contributed by atoms with Crippen LogP contribution in [0.5, 0.6) is 0 Å². The average Bonchev–Trinajstić information content (AvgIpc) is 3.43. The molecule has 138 valence electrons. The Morgan fingerprint density at radius 2 is 1.96 bits per heavy atom. The van der Waals surface area contributed by atoms with E-state index >= 15 is 0 Å². The summed E-state index contributed by atoms with van der Waals surface area (Å²) in [6, 6.07) is 16.1.